The Hall–Kier alpha value is -1.33. The molecule has 0 aromatic carbocycles. The molecule has 2 aromatic rings. The van der Waals surface area contributed by atoms with Gasteiger partial charge in [-0.2, -0.15) is 0 Å². The zero-order chi connectivity index (χ0) is 12.4. The van der Waals surface area contributed by atoms with Gasteiger partial charge in [0.25, 0.3) is 5.91 Å². The van der Waals surface area contributed by atoms with Crippen molar-refractivity contribution in [1.82, 2.24) is 10.5 Å². The van der Waals surface area contributed by atoms with Crippen LogP contribution in [0.15, 0.2) is 16.7 Å². The van der Waals surface area contributed by atoms with E-state index in [1.165, 1.54) is 11.3 Å². The van der Waals surface area contributed by atoms with Crippen LogP contribution in [0, 0.1) is 13.8 Å². The first-order valence-electron chi connectivity index (χ1n) is 5.03. The average molecular weight is 271 g/mol. The molecule has 0 atom stereocenters. The minimum absolute atomic E-state index is 0.137. The van der Waals surface area contributed by atoms with Crippen LogP contribution in [-0.2, 0) is 6.54 Å². The number of amides is 1. The van der Waals surface area contributed by atoms with Gasteiger partial charge in [0, 0.05) is 12.1 Å². The Morgan fingerprint density at radius 2 is 2.29 bits per heavy atom. The van der Waals surface area contributed by atoms with Crippen molar-refractivity contribution in [2.45, 2.75) is 20.4 Å². The number of nitrogens with one attached hydrogen (secondary N) is 1. The Morgan fingerprint density at radius 3 is 2.82 bits per heavy atom. The van der Waals surface area contributed by atoms with Crippen LogP contribution in [0.3, 0.4) is 0 Å². The first kappa shape index (κ1) is 12.1. The standard InChI is InChI=1S/C11H11ClN2O2S/c1-6-8(7(2)16-14-6)5-13-11(15)9-3-4-10(12)17-9/h3-4H,5H2,1-2H3,(H,13,15). The summed E-state index contributed by atoms with van der Waals surface area (Å²) in [6, 6.07) is 3.41. The SMILES string of the molecule is Cc1noc(C)c1CNC(=O)c1ccc(Cl)s1. The fourth-order valence-corrected chi connectivity index (χ4v) is 2.41. The van der Waals surface area contributed by atoms with Gasteiger partial charge >= 0.3 is 0 Å². The van der Waals surface area contributed by atoms with Crippen molar-refractivity contribution >= 4 is 28.8 Å². The Labute approximate surface area is 108 Å². The van der Waals surface area contributed by atoms with E-state index >= 15 is 0 Å². The second-order valence-electron chi connectivity index (χ2n) is 3.59. The number of hydrogen-bond acceptors (Lipinski definition) is 4. The number of halogens is 1. The monoisotopic (exact) mass is 270 g/mol. The van der Waals surface area contributed by atoms with Crippen molar-refractivity contribution in [2.75, 3.05) is 0 Å². The molecule has 0 aliphatic heterocycles. The summed E-state index contributed by atoms with van der Waals surface area (Å²) in [4.78, 5) is 12.4. The molecule has 1 N–H and O–H groups in total. The van der Waals surface area contributed by atoms with Gasteiger partial charge in [-0.15, -0.1) is 11.3 Å². The van der Waals surface area contributed by atoms with Gasteiger partial charge in [-0.1, -0.05) is 16.8 Å². The predicted molar refractivity (Wildman–Crippen MR) is 66.5 cm³/mol. The van der Waals surface area contributed by atoms with Gasteiger partial charge < -0.3 is 9.84 Å². The lowest BCUT2D eigenvalue weighted by Gasteiger charge is -2.02. The van der Waals surface area contributed by atoms with Crippen molar-refractivity contribution in [3.8, 4) is 0 Å². The highest BCUT2D eigenvalue weighted by Gasteiger charge is 2.12. The molecule has 2 rings (SSSR count). The summed E-state index contributed by atoms with van der Waals surface area (Å²) in [5, 5.41) is 6.64. The van der Waals surface area contributed by atoms with Gasteiger partial charge in [-0.3, -0.25) is 4.79 Å². The Morgan fingerprint density at radius 1 is 1.53 bits per heavy atom. The first-order valence-corrected chi connectivity index (χ1v) is 6.22. The molecule has 0 unspecified atom stereocenters. The van der Waals surface area contributed by atoms with Gasteiger partial charge in [-0.25, -0.2) is 0 Å². The van der Waals surface area contributed by atoms with E-state index in [0.29, 0.717) is 15.8 Å². The molecule has 90 valence electrons. The summed E-state index contributed by atoms with van der Waals surface area (Å²) in [6.07, 6.45) is 0. The maximum Gasteiger partial charge on any atom is 0.261 e. The van der Waals surface area contributed by atoms with Crippen molar-refractivity contribution < 1.29 is 9.32 Å². The molecule has 2 heterocycles. The van der Waals surface area contributed by atoms with Crippen LogP contribution >= 0.6 is 22.9 Å². The van der Waals surface area contributed by atoms with Crippen molar-refractivity contribution in [3.63, 3.8) is 0 Å². The van der Waals surface area contributed by atoms with E-state index in [4.69, 9.17) is 16.1 Å². The molecular weight excluding hydrogens is 260 g/mol. The minimum Gasteiger partial charge on any atom is -0.361 e. The predicted octanol–water partition coefficient (Wildman–Crippen LogP) is 2.94. The number of aryl methyl sites for hydroxylation is 2. The molecule has 0 aliphatic rings. The van der Waals surface area contributed by atoms with E-state index in [-0.39, 0.29) is 5.91 Å². The fraction of sp³-hybridized carbons (Fsp3) is 0.273. The van der Waals surface area contributed by atoms with Crippen LogP contribution in [0.1, 0.15) is 26.7 Å². The van der Waals surface area contributed by atoms with Crippen LogP contribution in [0.2, 0.25) is 4.34 Å². The van der Waals surface area contributed by atoms with Crippen LogP contribution in [0.25, 0.3) is 0 Å². The Balaban J connectivity index is 2.02. The van der Waals surface area contributed by atoms with Crippen molar-refractivity contribution in [2.24, 2.45) is 0 Å². The van der Waals surface area contributed by atoms with Crippen molar-refractivity contribution in [1.29, 1.82) is 0 Å². The molecule has 0 fully saturated rings. The molecule has 0 saturated heterocycles. The van der Waals surface area contributed by atoms with E-state index in [9.17, 15) is 4.79 Å². The lowest BCUT2D eigenvalue weighted by Crippen LogP contribution is -2.22. The topological polar surface area (TPSA) is 55.1 Å². The van der Waals surface area contributed by atoms with E-state index in [1.54, 1.807) is 12.1 Å². The smallest absolute Gasteiger partial charge is 0.261 e. The third-order valence-corrected chi connectivity index (χ3v) is 3.63. The van der Waals surface area contributed by atoms with E-state index < -0.39 is 0 Å². The fourth-order valence-electron chi connectivity index (χ4n) is 1.45. The normalized spacial score (nSPS) is 10.5. The molecule has 1 amide bonds. The second kappa shape index (κ2) is 4.89. The van der Waals surface area contributed by atoms with Gasteiger partial charge in [0.2, 0.25) is 0 Å². The molecule has 0 spiro atoms. The van der Waals surface area contributed by atoms with E-state index in [1.807, 2.05) is 13.8 Å². The molecule has 6 heteroatoms. The molecule has 0 aliphatic carbocycles. The quantitative estimate of drug-likeness (QED) is 0.933. The molecule has 2 aromatic heterocycles. The van der Waals surface area contributed by atoms with Gasteiger partial charge in [0.15, 0.2) is 0 Å². The number of aromatic nitrogens is 1. The maximum atomic E-state index is 11.8. The summed E-state index contributed by atoms with van der Waals surface area (Å²) in [7, 11) is 0. The maximum absolute atomic E-state index is 11.8. The molecular formula is C11H11ClN2O2S. The van der Waals surface area contributed by atoms with Gasteiger partial charge in [-0.05, 0) is 26.0 Å². The van der Waals surface area contributed by atoms with E-state index in [2.05, 4.69) is 10.5 Å². The highest BCUT2D eigenvalue weighted by Crippen LogP contribution is 2.21. The zero-order valence-corrected chi connectivity index (χ0v) is 11.0. The van der Waals surface area contributed by atoms with E-state index in [0.717, 1.165) is 17.0 Å². The highest BCUT2D eigenvalue weighted by atomic mass is 35.5. The minimum atomic E-state index is -0.137. The number of carbonyl (C=O) groups excluding carboxylic acids is 1. The summed E-state index contributed by atoms with van der Waals surface area (Å²) in [5.41, 5.74) is 1.72. The molecule has 0 radical (unpaired) electrons. The van der Waals surface area contributed by atoms with Crippen molar-refractivity contribution in [3.05, 3.63) is 38.4 Å². The largest absolute Gasteiger partial charge is 0.361 e. The lowest BCUT2D eigenvalue weighted by molar-refractivity contribution is 0.0955. The molecule has 17 heavy (non-hydrogen) atoms. The van der Waals surface area contributed by atoms with Crippen LogP contribution < -0.4 is 5.32 Å². The van der Waals surface area contributed by atoms with Crippen LogP contribution in [-0.4, -0.2) is 11.1 Å². The third-order valence-electron chi connectivity index (χ3n) is 2.40. The number of hydrogen-bond donors (Lipinski definition) is 1. The number of rotatable bonds is 3. The van der Waals surface area contributed by atoms with Crippen LogP contribution in [0.5, 0.6) is 0 Å². The van der Waals surface area contributed by atoms with Crippen LogP contribution in [0.4, 0.5) is 0 Å². The summed E-state index contributed by atoms with van der Waals surface area (Å²) < 4.78 is 5.62. The Kier molecular flexibility index (Phi) is 3.49. The van der Waals surface area contributed by atoms with Gasteiger partial charge in [0.05, 0.1) is 14.9 Å². The summed E-state index contributed by atoms with van der Waals surface area (Å²) in [6.45, 7) is 4.08. The zero-order valence-electron chi connectivity index (χ0n) is 9.41. The molecule has 0 saturated carbocycles. The molecule has 4 nitrogen and oxygen atoms in total. The number of nitrogens with zero attached hydrogens (tertiary/aromatic N) is 1. The number of thiophene rings is 1. The average Bonchev–Trinajstić information content (AvgIpc) is 2.84. The summed E-state index contributed by atoms with van der Waals surface area (Å²) >= 11 is 7.02. The Bertz CT molecular complexity index is 528. The highest BCUT2D eigenvalue weighted by molar-refractivity contribution is 7.17. The second-order valence-corrected chi connectivity index (χ2v) is 5.30. The summed E-state index contributed by atoms with van der Waals surface area (Å²) in [5.74, 6) is 0.592. The number of carbonyl (C=O) groups is 1. The first-order chi connectivity index (χ1) is 8.08. The third kappa shape index (κ3) is 2.68. The molecule has 0 bridgehead atoms. The lowest BCUT2D eigenvalue weighted by atomic mass is 10.2. The van der Waals surface area contributed by atoms with Gasteiger partial charge in [0.1, 0.15) is 5.76 Å².